The zero-order valence-electron chi connectivity index (χ0n) is 22.4. The van der Waals surface area contributed by atoms with Gasteiger partial charge in [0.05, 0.1) is 23.0 Å². The second kappa shape index (κ2) is 11.3. The molecule has 39 heavy (non-hydrogen) atoms. The largest absolute Gasteiger partial charge is 0.486 e. The maximum absolute atomic E-state index is 13.2. The van der Waals surface area contributed by atoms with Crippen LogP contribution in [-0.4, -0.2) is 72.9 Å². The van der Waals surface area contributed by atoms with E-state index in [9.17, 15) is 24.8 Å². The van der Waals surface area contributed by atoms with Crippen molar-refractivity contribution in [3.05, 3.63) is 75.5 Å². The molecule has 2 aromatic carbocycles. The normalized spacial score (nSPS) is 24.2. The zero-order chi connectivity index (χ0) is 28.3. The Morgan fingerprint density at radius 2 is 1.95 bits per heavy atom. The van der Waals surface area contributed by atoms with Crippen molar-refractivity contribution in [1.82, 2.24) is 10.2 Å². The summed E-state index contributed by atoms with van der Waals surface area (Å²) in [7, 11) is 3.09. The number of esters is 1. The van der Waals surface area contributed by atoms with Gasteiger partial charge in [-0.25, -0.2) is 4.79 Å². The Hall–Kier alpha value is -4.12. The van der Waals surface area contributed by atoms with Crippen LogP contribution >= 0.6 is 0 Å². The molecule has 0 saturated carbocycles. The lowest BCUT2D eigenvalue weighted by atomic mass is 9.60. The van der Waals surface area contributed by atoms with Gasteiger partial charge in [0.2, 0.25) is 0 Å². The van der Waals surface area contributed by atoms with Gasteiger partial charge >= 0.3 is 11.9 Å². The number of carboxylic acids is 1. The molecule has 4 unspecified atom stereocenters. The molecule has 0 aliphatic carbocycles. The molecule has 208 valence electrons. The number of allylic oxidation sites excluding steroid dienone is 1. The number of methoxy groups -OCH3 is 1. The van der Waals surface area contributed by atoms with Crippen LogP contribution < -0.4 is 14.8 Å². The van der Waals surface area contributed by atoms with Crippen LogP contribution in [-0.2, 0) is 14.3 Å². The number of carbonyl (C=O) groups excluding carboxylic acids is 1. The summed E-state index contributed by atoms with van der Waals surface area (Å²) in [6.45, 7) is 4.62. The number of rotatable bonds is 9. The Balaban J connectivity index is 1.66. The predicted octanol–water partition coefficient (Wildman–Crippen LogP) is 3.35. The number of nitrogens with zero attached hydrogens (tertiary/aromatic N) is 2. The lowest BCUT2D eigenvalue weighted by molar-refractivity contribution is -0.384. The second-order valence-electron chi connectivity index (χ2n) is 10.0. The number of ether oxygens (including phenoxy) is 3. The Morgan fingerprint density at radius 3 is 2.62 bits per heavy atom. The third-order valence-corrected chi connectivity index (χ3v) is 7.62. The standard InChI is InChI=1S/C28H33N3O8/c1-17-24(26(32)37-4)25(19-8-7-9-20(14-19)31(35)36)28(27(33)34,18(2)29-17)12-13-30(3)15-21-16-38-22-10-5-6-11-23(22)39-21/h5-11,14,18,21,25,29H,12-13,15-16H2,1-4H3,(H,33,34). The Morgan fingerprint density at radius 1 is 1.23 bits per heavy atom. The van der Waals surface area contributed by atoms with Gasteiger partial charge in [0, 0.05) is 36.3 Å². The number of nitro benzene ring substituents is 1. The maximum Gasteiger partial charge on any atom is 0.336 e. The Kier molecular flexibility index (Phi) is 8.10. The van der Waals surface area contributed by atoms with Crippen molar-refractivity contribution < 1.29 is 33.8 Å². The molecule has 0 amide bonds. The quantitative estimate of drug-likeness (QED) is 0.277. The first-order valence-corrected chi connectivity index (χ1v) is 12.7. The first-order valence-electron chi connectivity index (χ1n) is 12.7. The van der Waals surface area contributed by atoms with Crippen LogP contribution in [0.25, 0.3) is 0 Å². The SMILES string of the molecule is COC(=O)C1=C(C)NC(C)C(CCN(C)CC2COc3ccccc3O2)(C(=O)O)C1c1cccc([N+](=O)[O-])c1. The van der Waals surface area contributed by atoms with Gasteiger partial charge in [-0.3, -0.25) is 14.9 Å². The van der Waals surface area contributed by atoms with Crippen LogP contribution in [0.3, 0.4) is 0 Å². The van der Waals surface area contributed by atoms with Crippen molar-refractivity contribution in [2.45, 2.75) is 38.3 Å². The zero-order valence-corrected chi connectivity index (χ0v) is 22.4. The van der Waals surface area contributed by atoms with Crippen LogP contribution in [0.2, 0.25) is 0 Å². The summed E-state index contributed by atoms with van der Waals surface area (Å²) in [5, 5.41) is 25.5. The van der Waals surface area contributed by atoms with E-state index in [0.717, 1.165) is 0 Å². The predicted molar refractivity (Wildman–Crippen MR) is 142 cm³/mol. The lowest BCUT2D eigenvalue weighted by Crippen LogP contribution is -2.57. The van der Waals surface area contributed by atoms with Gasteiger partial charge in [0.1, 0.15) is 12.7 Å². The van der Waals surface area contributed by atoms with Crippen molar-refractivity contribution in [2.24, 2.45) is 5.41 Å². The van der Waals surface area contributed by atoms with Gasteiger partial charge in [-0.1, -0.05) is 24.3 Å². The van der Waals surface area contributed by atoms with Crippen LogP contribution in [0, 0.1) is 15.5 Å². The van der Waals surface area contributed by atoms with Gasteiger partial charge in [0.15, 0.2) is 11.5 Å². The number of aliphatic carboxylic acids is 1. The molecular weight excluding hydrogens is 506 g/mol. The molecule has 0 bridgehead atoms. The Bertz CT molecular complexity index is 1300. The molecule has 0 spiro atoms. The number of nitro groups is 1. The molecule has 4 rings (SSSR count). The molecule has 11 nitrogen and oxygen atoms in total. The molecule has 0 aromatic heterocycles. The molecular formula is C28H33N3O8. The fourth-order valence-electron chi connectivity index (χ4n) is 5.66. The van der Waals surface area contributed by atoms with E-state index >= 15 is 0 Å². The van der Waals surface area contributed by atoms with Crippen molar-refractivity contribution in [2.75, 3.05) is 33.9 Å². The van der Waals surface area contributed by atoms with E-state index in [0.29, 0.717) is 42.5 Å². The van der Waals surface area contributed by atoms with Crippen LogP contribution in [0.15, 0.2) is 59.8 Å². The van der Waals surface area contributed by atoms with Crippen molar-refractivity contribution in [3.63, 3.8) is 0 Å². The third-order valence-electron chi connectivity index (χ3n) is 7.62. The minimum absolute atomic E-state index is 0.137. The number of para-hydroxylation sites is 2. The fourth-order valence-corrected chi connectivity index (χ4v) is 5.66. The van der Waals surface area contributed by atoms with Crippen LogP contribution in [0.4, 0.5) is 5.69 Å². The molecule has 2 aliphatic rings. The smallest absolute Gasteiger partial charge is 0.336 e. The summed E-state index contributed by atoms with van der Waals surface area (Å²) >= 11 is 0. The summed E-state index contributed by atoms with van der Waals surface area (Å²) in [4.78, 5) is 39.2. The minimum Gasteiger partial charge on any atom is -0.486 e. The molecule has 2 heterocycles. The molecule has 2 aromatic rings. The number of likely N-dealkylation sites (N-methyl/N-ethyl adjacent to an activating group) is 1. The first-order chi connectivity index (χ1) is 18.6. The topological polar surface area (TPSA) is 140 Å². The lowest BCUT2D eigenvalue weighted by Gasteiger charge is -2.47. The van der Waals surface area contributed by atoms with Gasteiger partial charge in [-0.15, -0.1) is 0 Å². The van der Waals surface area contributed by atoms with Crippen LogP contribution in [0.5, 0.6) is 11.5 Å². The third kappa shape index (κ3) is 5.40. The number of benzene rings is 2. The summed E-state index contributed by atoms with van der Waals surface area (Å²) in [5.74, 6) is -1.46. The van der Waals surface area contributed by atoms with E-state index in [1.165, 1.54) is 25.3 Å². The van der Waals surface area contributed by atoms with E-state index in [-0.39, 0.29) is 23.8 Å². The van der Waals surface area contributed by atoms with Crippen molar-refractivity contribution in [3.8, 4) is 11.5 Å². The average molecular weight is 540 g/mol. The van der Waals surface area contributed by atoms with Gasteiger partial charge in [0.25, 0.3) is 5.69 Å². The summed E-state index contributed by atoms with van der Waals surface area (Å²) < 4.78 is 16.9. The highest BCUT2D eigenvalue weighted by atomic mass is 16.6. The van der Waals surface area contributed by atoms with Crippen molar-refractivity contribution in [1.29, 1.82) is 0 Å². The molecule has 0 radical (unpaired) electrons. The molecule has 2 aliphatic heterocycles. The van der Waals surface area contributed by atoms with E-state index < -0.39 is 34.2 Å². The number of carbonyl (C=O) groups is 2. The van der Waals surface area contributed by atoms with E-state index in [2.05, 4.69) is 5.32 Å². The molecule has 2 N–H and O–H groups in total. The maximum atomic E-state index is 13.2. The number of hydrogen-bond donors (Lipinski definition) is 2. The van der Waals surface area contributed by atoms with Gasteiger partial charge in [-0.2, -0.15) is 0 Å². The first kappa shape index (κ1) is 27.9. The van der Waals surface area contributed by atoms with E-state index in [1.807, 2.05) is 36.2 Å². The number of nitrogens with one attached hydrogen (secondary N) is 1. The number of hydrogen-bond acceptors (Lipinski definition) is 9. The number of carboxylic acid groups (broad SMARTS) is 1. The van der Waals surface area contributed by atoms with E-state index in [1.54, 1.807) is 19.9 Å². The van der Waals surface area contributed by atoms with Crippen molar-refractivity contribution >= 4 is 17.6 Å². The summed E-state index contributed by atoms with van der Waals surface area (Å²) in [6, 6.07) is 12.6. The highest BCUT2D eigenvalue weighted by molar-refractivity contribution is 5.94. The minimum atomic E-state index is -1.52. The highest BCUT2D eigenvalue weighted by Crippen LogP contribution is 2.51. The van der Waals surface area contributed by atoms with Gasteiger partial charge < -0.3 is 29.5 Å². The fraction of sp³-hybridized carbons (Fsp3) is 0.429. The molecule has 0 fully saturated rings. The molecule has 4 atom stereocenters. The monoisotopic (exact) mass is 539 g/mol. The summed E-state index contributed by atoms with van der Waals surface area (Å²) in [5.41, 5.74) is -0.734. The van der Waals surface area contributed by atoms with Crippen LogP contribution in [0.1, 0.15) is 31.7 Å². The van der Waals surface area contributed by atoms with Gasteiger partial charge in [-0.05, 0) is 51.6 Å². The van der Waals surface area contributed by atoms with E-state index in [4.69, 9.17) is 14.2 Å². The summed E-state index contributed by atoms with van der Waals surface area (Å²) in [6.07, 6.45) is -0.119. The highest BCUT2D eigenvalue weighted by Gasteiger charge is 2.56. The Labute approximate surface area is 226 Å². The molecule has 11 heteroatoms. The number of fused-ring (bicyclic) bond motifs is 1. The number of non-ortho nitro benzene ring substituents is 1. The molecule has 0 saturated heterocycles. The second-order valence-corrected chi connectivity index (χ2v) is 10.0. The average Bonchev–Trinajstić information content (AvgIpc) is 2.91.